The van der Waals surface area contributed by atoms with Crippen LogP contribution in [0, 0.1) is 0 Å². The van der Waals surface area contributed by atoms with Crippen LogP contribution in [0.15, 0.2) is 30.3 Å². The molecule has 3 N–H and O–H groups in total. The van der Waals surface area contributed by atoms with E-state index < -0.39 is 0 Å². The number of nitrogens with two attached hydrogens (primary N) is 1. The number of ether oxygens (including phenoxy) is 1. The summed E-state index contributed by atoms with van der Waals surface area (Å²) in [6.07, 6.45) is 4.07. The molecular formula is C12H20N2O2. The van der Waals surface area contributed by atoms with Crippen molar-refractivity contribution in [3.63, 3.8) is 0 Å². The quantitative estimate of drug-likeness (QED) is 0.255. The number of hydrogen-bond donors (Lipinski definition) is 2. The minimum Gasteiger partial charge on any atom is -0.494 e. The van der Waals surface area contributed by atoms with Gasteiger partial charge in [0.05, 0.1) is 6.61 Å². The van der Waals surface area contributed by atoms with Gasteiger partial charge in [0.15, 0.2) is 0 Å². The number of amides is 1. The van der Waals surface area contributed by atoms with Crippen LogP contribution in [0.2, 0.25) is 0 Å². The van der Waals surface area contributed by atoms with Gasteiger partial charge in [-0.2, -0.15) is 0 Å². The molecule has 90 valence electrons. The van der Waals surface area contributed by atoms with Gasteiger partial charge in [-0.15, -0.1) is 0 Å². The highest BCUT2D eigenvalue weighted by atomic mass is 16.5. The maximum atomic E-state index is 8.94. The summed E-state index contributed by atoms with van der Waals surface area (Å²) in [5.41, 5.74) is 1.75. The van der Waals surface area contributed by atoms with E-state index >= 15 is 0 Å². The Morgan fingerprint density at radius 1 is 1.31 bits per heavy atom. The van der Waals surface area contributed by atoms with Crippen LogP contribution in [0.5, 0.6) is 5.75 Å². The maximum absolute atomic E-state index is 8.94. The average molecular weight is 224 g/mol. The molecule has 16 heavy (non-hydrogen) atoms. The molecule has 0 saturated carbocycles. The predicted molar refractivity (Wildman–Crippen MR) is 64.8 cm³/mol. The van der Waals surface area contributed by atoms with Crippen molar-refractivity contribution in [1.29, 1.82) is 0 Å². The van der Waals surface area contributed by atoms with Gasteiger partial charge < -0.3 is 4.74 Å². The Hall–Kier alpha value is -1.55. The molecule has 0 aliphatic rings. The number of benzene rings is 1. The standard InChI is InChI=1S/C11H16O.CH4N2O/c1-2-3-7-10-12-11-8-5-4-6-9-11;2-3-1-4/h4-6,8-9H,2-3,7,10H2,1H3;1H,2H2,(H,3,4). The van der Waals surface area contributed by atoms with Gasteiger partial charge in [-0.25, -0.2) is 5.84 Å². The Balaban J connectivity index is 0.000000487. The molecular weight excluding hydrogens is 204 g/mol. The lowest BCUT2D eigenvalue weighted by Gasteiger charge is -2.04. The van der Waals surface area contributed by atoms with E-state index in [-0.39, 0.29) is 0 Å². The molecule has 0 heterocycles. The molecule has 0 atom stereocenters. The zero-order valence-electron chi connectivity index (χ0n) is 9.69. The highest BCUT2D eigenvalue weighted by Gasteiger charge is 1.89. The summed E-state index contributed by atoms with van der Waals surface area (Å²) in [7, 11) is 0. The molecule has 1 aromatic rings. The van der Waals surface area contributed by atoms with Gasteiger partial charge in [-0.05, 0) is 18.6 Å². The fraction of sp³-hybridized carbons (Fsp3) is 0.417. The Kier molecular flexibility index (Phi) is 10.4. The summed E-state index contributed by atoms with van der Waals surface area (Å²) in [6.45, 7) is 3.04. The molecule has 1 amide bonds. The number of unbranched alkanes of at least 4 members (excludes halogenated alkanes) is 2. The van der Waals surface area contributed by atoms with E-state index in [0.717, 1.165) is 18.8 Å². The van der Waals surface area contributed by atoms with Crippen molar-refractivity contribution in [1.82, 2.24) is 5.43 Å². The van der Waals surface area contributed by atoms with Crippen molar-refractivity contribution >= 4 is 6.41 Å². The summed E-state index contributed by atoms with van der Waals surface area (Å²) >= 11 is 0. The van der Waals surface area contributed by atoms with Gasteiger partial charge in [0.2, 0.25) is 6.41 Å². The van der Waals surface area contributed by atoms with Crippen LogP contribution >= 0.6 is 0 Å². The summed E-state index contributed by atoms with van der Waals surface area (Å²) < 4.78 is 5.51. The molecule has 0 spiro atoms. The van der Waals surface area contributed by atoms with E-state index in [9.17, 15) is 0 Å². The molecule has 4 nitrogen and oxygen atoms in total. The largest absolute Gasteiger partial charge is 0.494 e. The Labute approximate surface area is 96.8 Å². The van der Waals surface area contributed by atoms with Crippen LogP contribution in [0.25, 0.3) is 0 Å². The number of rotatable bonds is 6. The number of hydrazine groups is 1. The van der Waals surface area contributed by atoms with Crippen molar-refractivity contribution in [3.05, 3.63) is 30.3 Å². The van der Waals surface area contributed by atoms with Crippen molar-refractivity contribution in [2.45, 2.75) is 26.2 Å². The van der Waals surface area contributed by atoms with Gasteiger partial charge >= 0.3 is 0 Å². The predicted octanol–water partition coefficient (Wildman–Crippen LogP) is 1.86. The number of nitrogens with one attached hydrogen (secondary N) is 1. The van der Waals surface area contributed by atoms with Gasteiger partial charge in [0.25, 0.3) is 0 Å². The van der Waals surface area contributed by atoms with Gasteiger partial charge in [-0.3, -0.25) is 10.2 Å². The van der Waals surface area contributed by atoms with Crippen molar-refractivity contribution in [2.75, 3.05) is 6.61 Å². The molecule has 0 saturated heterocycles. The van der Waals surface area contributed by atoms with E-state index in [1.165, 1.54) is 12.8 Å². The maximum Gasteiger partial charge on any atom is 0.221 e. The topological polar surface area (TPSA) is 64.3 Å². The zero-order valence-corrected chi connectivity index (χ0v) is 9.69. The fourth-order valence-corrected chi connectivity index (χ4v) is 1.06. The second kappa shape index (κ2) is 11.5. The van der Waals surface area contributed by atoms with Gasteiger partial charge in [0.1, 0.15) is 5.75 Å². The highest BCUT2D eigenvalue weighted by molar-refractivity contribution is 5.44. The molecule has 0 aliphatic heterocycles. The third-order valence-electron chi connectivity index (χ3n) is 1.83. The summed E-state index contributed by atoms with van der Waals surface area (Å²) in [6, 6.07) is 9.97. The van der Waals surface area contributed by atoms with E-state index in [4.69, 9.17) is 9.53 Å². The first-order valence-electron chi connectivity index (χ1n) is 5.42. The third-order valence-corrected chi connectivity index (χ3v) is 1.83. The second-order valence-corrected chi connectivity index (χ2v) is 3.15. The van der Waals surface area contributed by atoms with E-state index in [0.29, 0.717) is 6.41 Å². The minimum atomic E-state index is 0.403. The number of para-hydroxylation sites is 1. The molecule has 1 rings (SSSR count). The second-order valence-electron chi connectivity index (χ2n) is 3.15. The zero-order chi connectivity index (χ0) is 12.1. The third kappa shape index (κ3) is 9.02. The molecule has 0 aliphatic carbocycles. The Morgan fingerprint density at radius 2 is 1.94 bits per heavy atom. The van der Waals surface area contributed by atoms with Crippen LogP contribution in [0.1, 0.15) is 26.2 Å². The van der Waals surface area contributed by atoms with Crippen LogP contribution in [-0.2, 0) is 4.79 Å². The molecule has 4 heteroatoms. The average Bonchev–Trinajstić information content (AvgIpc) is 2.36. The first-order valence-corrected chi connectivity index (χ1v) is 5.42. The Bertz CT molecular complexity index is 252. The van der Waals surface area contributed by atoms with Gasteiger partial charge in [0, 0.05) is 0 Å². The number of carbonyl (C=O) groups is 1. The minimum absolute atomic E-state index is 0.403. The summed E-state index contributed by atoms with van der Waals surface area (Å²) in [5, 5.41) is 0. The van der Waals surface area contributed by atoms with Crippen molar-refractivity contribution in [3.8, 4) is 5.75 Å². The van der Waals surface area contributed by atoms with Crippen molar-refractivity contribution < 1.29 is 9.53 Å². The SMILES string of the molecule is CCCCCOc1ccccc1.NNC=O. The molecule has 0 aromatic heterocycles. The highest BCUT2D eigenvalue weighted by Crippen LogP contribution is 2.08. The first kappa shape index (κ1) is 14.5. The van der Waals surface area contributed by atoms with E-state index in [1.807, 2.05) is 30.3 Å². The molecule has 1 aromatic carbocycles. The molecule has 0 unspecified atom stereocenters. The lowest BCUT2D eigenvalue weighted by Crippen LogP contribution is -2.18. The fourth-order valence-electron chi connectivity index (χ4n) is 1.06. The number of hydrogen-bond acceptors (Lipinski definition) is 3. The normalized spacial score (nSPS) is 8.62. The Morgan fingerprint density at radius 3 is 2.44 bits per heavy atom. The smallest absolute Gasteiger partial charge is 0.221 e. The first-order chi connectivity index (χ1) is 7.85. The summed E-state index contributed by atoms with van der Waals surface area (Å²) in [4.78, 5) is 8.94. The molecule has 0 radical (unpaired) electrons. The van der Waals surface area contributed by atoms with Gasteiger partial charge in [-0.1, -0.05) is 38.0 Å². The number of carbonyl (C=O) groups excluding carboxylic acids is 1. The summed E-state index contributed by atoms with van der Waals surface area (Å²) in [5.74, 6) is 5.39. The molecule has 0 fully saturated rings. The van der Waals surface area contributed by atoms with E-state index in [2.05, 4.69) is 12.8 Å². The van der Waals surface area contributed by atoms with Crippen LogP contribution < -0.4 is 16.0 Å². The molecule has 0 bridgehead atoms. The van der Waals surface area contributed by atoms with E-state index in [1.54, 1.807) is 5.43 Å². The lowest BCUT2D eigenvalue weighted by atomic mass is 10.3. The van der Waals surface area contributed by atoms with Crippen LogP contribution in [-0.4, -0.2) is 13.0 Å². The lowest BCUT2D eigenvalue weighted by molar-refractivity contribution is -0.109. The van der Waals surface area contributed by atoms with Crippen LogP contribution in [0.3, 0.4) is 0 Å². The monoisotopic (exact) mass is 224 g/mol. The van der Waals surface area contributed by atoms with Crippen molar-refractivity contribution in [2.24, 2.45) is 5.84 Å². The van der Waals surface area contributed by atoms with Crippen LogP contribution in [0.4, 0.5) is 0 Å².